The Morgan fingerprint density at radius 1 is 1.23 bits per heavy atom. The fourth-order valence-corrected chi connectivity index (χ4v) is 5.33. The maximum absolute atomic E-state index is 13.3. The SMILES string of the molecule is NC1CCCC(N=C2N=C(N3CCOCC3)NC(=O)C2c2nc3ccccc3s2)C1. The van der Waals surface area contributed by atoms with Gasteiger partial charge in [0.05, 0.1) is 29.5 Å². The first kappa shape index (κ1) is 19.6. The lowest BCUT2D eigenvalue weighted by Crippen LogP contribution is -2.53. The number of ether oxygens (including phenoxy) is 1. The first-order valence-corrected chi connectivity index (χ1v) is 11.4. The van der Waals surface area contributed by atoms with Crippen molar-refractivity contribution in [3.05, 3.63) is 29.3 Å². The highest BCUT2D eigenvalue weighted by Crippen LogP contribution is 2.31. The first-order chi connectivity index (χ1) is 14.7. The molecule has 1 aromatic carbocycles. The van der Waals surface area contributed by atoms with Crippen LogP contribution in [-0.2, 0) is 9.53 Å². The molecule has 3 N–H and O–H groups in total. The van der Waals surface area contributed by atoms with Crippen LogP contribution in [-0.4, -0.2) is 66.0 Å². The van der Waals surface area contributed by atoms with Crippen LogP contribution < -0.4 is 11.1 Å². The number of aromatic nitrogens is 1. The highest BCUT2D eigenvalue weighted by atomic mass is 32.1. The predicted molar refractivity (Wildman–Crippen MR) is 118 cm³/mol. The smallest absolute Gasteiger partial charge is 0.244 e. The summed E-state index contributed by atoms with van der Waals surface area (Å²) < 4.78 is 6.50. The third-order valence-corrected chi connectivity index (χ3v) is 6.95. The number of fused-ring (bicyclic) bond motifs is 1. The van der Waals surface area contributed by atoms with Crippen molar-refractivity contribution in [2.75, 3.05) is 26.3 Å². The molecule has 1 saturated heterocycles. The minimum Gasteiger partial charge on any atom is -0.378 e. The molecule has 30 heavy (non-hydrogen) atoms. The molecule has 3 heterocycles. The number of benzene rings is 1. The number of carbonyl (C=O) groups is 1. The number of nitrogens with two attached hydrogens (primary N) is 1. The zero-order chi connectivity index (χ0) is 20.5. The quantitative estimate of drug-likeness (QED) is 0.763. The molecule has 3 atom stereocenters. The normalized spacial score (nSPS) is 29.2. The second-order valence-electron chi connectivity index (χ2n) is 8.04. The highest BCUT2D eigenvalue weighted by Gasteiger charge is 2.37. The van der Waals surface area contributed by atoms with E-state index in [1.54, 1.807) is 0 Å². The summed E-state index contributed by atoms with van der Waals surface area (Å²) in [7, 11) is 0. The molecule has 0 radical (unpaired) electrons. The maximum Gasteiger partial charge on any atom is 0.244 e. The van der Waals surface area contributed by atoms with Gasteiger partial charge < -0.3 is 15.4 Å². The van der Waals surface area contributed by atoms with Gasteiger partial charge in [-0.3, -0.25) is 15.1 Å². The number of guanidine groups is 1. The van der Waals surface area contributed by atoms with Gasteiger partial charge in [-0.1, -0.05) is 12.1 Å². The third kappa shape index (κ3) is 3.97. The number of para-hydroxylation sites is 1. The molecule has 5 rings (SSSR count). The summed E-state index contributed by atoms with van der Waals surface area (Å²) in [5.74, 6) is 0.410. The molecule has 158 valence electrons. The van der Waals surface area contributed by atoms with Crippen LogP contribution in [0, 0.1) is 0 Å². The van der Waals surface area contributed by atoms with Gasteiger partial charge in [-0.05, 0) is 37.8 Å². The molecule has 2 aliphatic heterocycles. The number of carbonyl (C=O) groups excluding carboxylic acids is 1. The topological polar surface area (TPSA) is 105 Å². The average Bonchev–Trinajstić information content (AvgIpc) is 3.17. The van der Waals surface area contributed by atoms with Crippen LogP contribution in [0.1, 0.15) is 36.6 Å². The number of aliphatic imine (C=N–C) groups is 2. The zero-order valence-electron chi connectivity index (χ0n) is 16.8. The van der Waals surface area contributed by atoms with Crippen LogP contribution in [0.15, 0.2) is 34.3 Å². The molecule has 1 aromatic heterocycles. The van der Waals surface area contributed by atoms with Crippen molar-refractivity contribution in [1.82, 2.24) is 15.2 Å². The number of thiazole rings is 1. The van der Waals surface area contributed by atoms with E-state index in [2.05, 4.69) is 10.2 Å². The first-order valence-electron chi connectivity index (χ1n) is 10.6. The monoisotopic (exact) mass is 426 g/mol. The molecular formula is C21H26N6O2S. The van der Waals surface area contributed by atoms with E-state index in [1.807, 2.05) is 24.3 Å². The van der Waals surface area contributed by atoms with Gasteiger partial charge in [0.2, 0.25) is 11.9 Å². The lowest BCUT2D eigenvalue weighted by atomic mass is 9.92. The predicted octanol–water partition coefficient (Wildman–Crippen LogP) is 1.87. The zero-order valence-corrected chi connectivity index (χ0v) is 17.6. The molecule has 9 heteroatoms. The van der Waals surface area contributed by atoms with Crippen LogP contribution in [0.25, 0.3) is 10.2 Å². The van der Waals surface area contributed by atoms with E-state index in [0.29, 0.717) is 38.1 Å². The summed E-state index contributed by atoms with van der Waals surface area (Å²) in [5, 5.41) is 3.73. The Hall–Kier alpha value is -2.36. The third-order valence-electron chi connectivity index (χ3n) is 5.85. The Kier molecular flexibility index (Phi) is 5.49. The number of hydrogen-bond donors (Lipinski definition) is 2. The molecule has 0 bridgehead atoms. The van der Waals surface area contributed by atoms with Crippen LogP contribution in [0.5, 0.6) is 0 Å². The molecular weight excluding hydrogens is 400 g/mol. The van der Waals surface area contributed by atoms with Crippen LogP contribution >= 0.6 is 11.3 Å². The lowest BCUT2D eigenvalue weighted by Gasteiger charge is -2.33. The number of morpholine rings is 1. The summed E-state index contributed by atoms with van der Waals surface area (Å²) in [6.45, 7) is 2.65. The minimum atomic E-state index is -0.592. The molecule has 8 nitrogen and oxygen atoms in total. The molecule has 1 saturated carbocycles. The van der Waals surface area contributed by atoms with Crippen LogP contribution in [0.3, 0.4) is 0 Å². The van der Waals surface area contributed by atoms with Crippen molar-refractivity contribution >= 4 is 39.3 Å². The van der Waals surface area contributed by atoms with Crippen molar-refractivity contribution in [1.29, 1.82) is 0 Å². The summed E-state index contributed by atoms with van der Waals surface area (Å²) in [5.41, 5.74) is 7.08. The van der Waals surface area contributed by atoms with Gasteiger partial charge in [-0.25, -0.2) is 4.98 Å². The van der Waals surface area contributed by atoms with Crippen molar-refractivity contribution in [2.45, 2.75) is 43.7 Å². The largest absolute Gasteiger partial charge is 0.378 e. The molecule has 1 aliphatic carbocycles. The van der Waals surface area contributed by atoms with E-state index in [1.165, 1.54) is 11.3 Å². The van der Waals surface area contributed by atoms with Crippen LogP contribution in [0.4, 0.5) is 0 Å². The van der Waals surface area contributed by atoms with Gasteiger partial charge in [0.25, 0.3) is 0 Å². The van der Waals surface area contributed by atoms with E-state index in [4.69, 9.17) is 25.4 Å². The number of rotatable bonds is 2. The molecule has 2 aromatic rings. The summed E-state index contributed by atoms with van der Waals surface area (Å²) in [6, 6.07) is 8.19. The fraction of sp³-hybridized carbons (Fsp3) is 0.524. The molecule has 1 amide bonds. The summed E-state index contributed by atoms with van der Waals surface area (Å²) in [4.78, 5) is 29.8. The van der Waals surface area contributed by atoms with E-state index in [-0.39, 0.29) is 18.0 Å². The van der Waals surface area contributed by atoms with Gasteiger partial charge in [0, 0.05) is 19.1 Å². The van der Waals surface area contributed by atoms with Gasteiger partial charge in [-0.2, -0.15) is 4.99 Å². The Morgan fingerprint density at radius 2 is 2.07 bits per heavy atom. The maximum atomic E-state index is 13.3. The Balaban J connectivity index is 1.53. The molecule has 0 spiro atoms. The number of nitrogens with one attached hydrogen (secondary N) is 1. The number of nitrogens with zero attached hydrogens (tertiary/aromatic N) is 4. The van der Waals surface area contributed by atoms with Gasteiger partial charge in [-0.15, -0.1) is 11.3 Å². The standard InChI is InChI=1S/C21H26N6O2S/c22-13-4-3-5-14(12-13)23-18-17(20-24-15-6-1-2-7-16(15)30-20)19(28)26-21(25-18)27-8-10-29-11-9-27/h1-2,6-7,13-14,17H,3-5,8-12,22H2,(H,23,25,26,28). The second-order valence-corrected chi connectivity index (χ2v) is 9.11. The Labute approximate surface area is 179 Å². The van der Waals surface area contributed by atoms with E-state index in [9.17, 15) is 4.79 Å². The van der Waals surface area contributed by atoms with Crippen molar-refractivity contribution in [3.63, 3.8) is 0 Å². The summed E-state index contributed by atoms with van der Waals surface area (Å²) >= 11 is 1.53. The average molecular weight is 427 g/mol. The Bertz CT molecular complexity index is 963. The molecule has 3 aliphatic rings. The molecule has 3 unspecified atom stereocenters. The van der Waals surface area contributed by atoms with Gasteiger partial charge in [0.1, 0.15) is 16.8 Å². The molecule has 2 fully saturated rings. The van der Waals surface area contributed by atoms with Crippen molar-refractivity contribution in [2.24, 2.45) is 15.7 Å². The number of hydrogen-bond acceptors (Lipinski definition) is 7. The fourth-order valence-electron chi connectivity index (χ4n) is 4.27. The van der Waals surface area contributed by atoms with Crippen molar-refractivity contribution in [3.8, 4) is 0 Å². The second kappa shape index (κ2) is 8.41. The number of amidine groups is 1. The van der Waals surface area contributed by atoms with Crippen LogP contribution in [0.2, 0.25) is 0 Å². The van der Waals surface area contributed by atoms with Gasteiger partial charge in [0.15, 0.2) is 0 Å². The van der Waals surface area contributed by atoms with E-state index >= 15 is 0 Å². The minimum absolute atomic E-state index is 0.0983. The van der Waals surface area contributed by atoms with Gasteiger partial charge >= 0.3 is 0 Å². The van der Waals surface area contributed by atoms with E-state index in [0.717, 1.165) is 40.9 Å². The Morgan fingerprint density at radius 3 is 2.87 bits per heavy atom. The highest BCUT2D eigenvalue weighted by molar-refractivity contribution is 7.18. The number of amides is 1. The van der Waals surface area contributed by atoms with Crippen molar-refractivity contribution < 1.29 is 9.53 Å². The summed E-state index contributed by atoms with van der Waals surface area (Å²) in [6.07, 6.45) is 3.90. The lowest BCUT2D eigenvalue weighted by molar-refractivity contribution is -0.120. The van der Waals surface area contributed by atoms with E-state index < -0.39 is 5.92 Å².